The minimum Gasteiger partial charge on any atom is -0.393 e. The lowest BCUT2D eigenvalue weighted by atomic mass is 9.45. The second-order valence-electron chi connectivity index (χ2n) is 10.5. The Morgan fingerprint density at radius 1 is 1.29 bits per heavy atom. The van der Waals surface area contributed by atoms with Crippen LogP contribution in [0.15, 0.2) is 22.9 Å². The van der Waals surface area contributed by atoms with Crippen LogP contribution in [0.3, 0.4) is 0 Å². The third kappa shape index (κ3) is 3.01. The van der Waals surface area contributed by atoms with E-state index in [1.807, 2.05) is 13.0 Å². The van der Waals surface area contributed by atoms with Crippen molar-refractivity contribution in [2.24, 2.45) is 28.6 Å². The summed E-state index contributed by atoms with van der Waals surface area (Å²) in [6, 6.07) is 0. The minimum atomic E-state index is -1.43. The van der Waals surface area contributed by atoms with Gasteiger partial charge in [-0.15, -0.1) is 5.10 Å². The number of aromatic nitrogens is 3. The van der Waals surface area contributed by atoms with Gasteiger partial charge in [0.1, 0.15) is 10.6 Å². The highest BCUT2D eigenvalue weighted by Gasteiger charge is 2.68. The number of aliphatic hydroxyl groups excluding tert-OH is 1. The maximum Gasteiger partial charge on any atom is 0.175 e. The largest absolute Gasteiger partial charge is 0.393 e. The van der Waals surface area contributed by atoms with Crippen LogP contribution in [0.25, 0.3) is 0 Å². The zero-order valence-electron chi connectivity index (χ0n) is 18.1. The van der Waals surface area contributed by atoms with Crippen LogP contribution < -0.4 is 0 Å². The maximum absolute atomic E-state index is 13.3. The molecular formula is C23H31N3O4S. The molecule has 8 heteroatoms. The number of rotatable bonds is 4. The normalized spacial score (nSPS) is 44.3. The molecule has 168 valence electrons. The molecule has 0 radical (unpaired) electrons. The summed E-state index contributed by atoms with van der Waals surface area (Å²) in [5.74, 6) is 0.702. The quantitative estimate of drug-likeness (QED) is 0.610. The molecule has 0 saturated heterocycles. The smallest absolute Gasteiger partial charge is 0.175 e. The molecule has 1 aromatic heterocycles. The molecule has 1 aromatic rings. The van der Waals surface area contributed by atoms with E-state index in [0.717, 1.165) is 25.7 Å². The number of aromatic amines is 1. The molecule has 3 fully saturated rings. The number of carbonyl (C=O) groups is 2. The number of carbonyl (C=O) groups excluding carboxylic acids is 2. The van der Waals surface area contributed by atoms with Gasteiger partial charge in [0.2, 0.25) is 0 Å². The lowest BCUT2D eigenvalue weighted by Crippen LogP contribution is -2.61. The average Bonchev–Trinajstić information content (AvgIpc) is 3.33. The number of aliphatic hydroxyl groups is 2. The van der Waals surface area contributed by atoms with Crippen LogP contribution in [0, 0.1) is 28.6 Å². The maximum atomic E-state index is 13.3. The first kappa shape index (κ1) is 21.3. The standard InChI is InChI=1S/C23H31N3O4S/c1-21-7-5-14(27)9-13(21)3-4-15-16-6-8-23(30,22(16,2)10-17(28)20(15)21)18(29)12-31-19-11-24-26-25-19/h9,11,15-17,20,28,30H,3-8,10,12H2,1-2H3,(H,24,25,26)/t15?,16?,17?,20?,21?,22?,23-/m0/s1. The van der Waals surface area contributed by atoms with Crippen LogP contribution in [-0.2, 0) is 9.59 Å². The first-order valence-corrected chi connectivity index (χ1v) is 12.3. The molecule has 6 unspecified atom stereocenters. The first-order chi connectivity index (χ1) is 14.7. The van der Waals surface area contributed by atoms with E-state index >= 15 is 0 Å². The highest BCUT2D eigenvalue weighted by atomic mass is 32.2. The summed E-state index contributed by atoms with van der Waals surface area (Å²) < 4.78 is 0. The van der Waals surface area contributed by atoms with Crippen molar-refractivity contribution in [1.82, 2.24) is 15.4 Å². The Kier molecular flexibility index (Phi) is 4.99. The summed E-state index contributed by atoms with van der Waals surface area (Å²) in [6.45, 7) is 4.23. The highest BCUT2D eigenvalue weighted by molar-refractivity contribution is 7.99. The lowest BCUT2D eigenvalue weighted by molar-refractivity contribution is -0.178. The number of H-pyrrole nitrogens is 1. The summed E-state index contributed by atoms with van der Waals surface area (Å²) in [5, 5.41) is 34.0. The van der Waals surface area contributed by atoms with Crippen LogP contribution in [-0.4, -0.2) is 54.6 Å². The average molecular weight is 446 g/mol. The van der Waals surface area contributed by atoms with Crippen molar-refractivity contribution in [2.45, 2.75) is 75.5 Å². The third-order valence-electron chi connectivity index (χ3n) is 9.25. The van der Waals surface area contributed by atoms with Gasteiger partial charge in [-0.25, -0.2) is 0 Å². The van der Waals surface area contributed by atoms with Crippen LogP contribution in [0.5, 0.6) is 0 Å². The van der Waals surface area contributed by atoms with E-state index in [9.17, 15) is 19.8 Å². The van der Waals surface area contributed by atoms with E-state index in [-0.39, 0.29) is 40.5 Å². The fraction of sp³-hybridized carbons (Fsp3) is 0.739. The second-order valence-corrected chi connectivity index (χ2v) is 11.5. The summed E-state index contributed by atoms with van der Waals surface area (Å²) in [4.78, 5) is 25.3. The molecule has 31 heavy (non-hydrogen) atoms. The molecule has 4 aliphatic carbocycles. The van der Waals surface area contributed by atoms with Crippen molar-refractivity contribution in [3.8, 4) is 0 Å². The molecular weight excluding hydrogens is 414 g/mol. The van der Waals surface area contributed by atoms with Crippen molar-refractivity contribution in [3.05, 3.63) is 17.8 Å². The summed E-state index contributed by atoms with van der Waals surface area (Å²) >= 11 is 1.28. The van der Waals surface area contributed by atoms with Crippen molar-refractivity contribution in [3.63, 3.8) is 0 Å². The van der Waals surface area contributed by atoms with E-state index in [1.54, 1.807) is 6.20 Å². The fourth-order valence-corrected chi connectivity index (χ4v) is 8.42. The third-order valence-corrected chi connectivity index (χ3v) is 10.2. The van der Waals surface area contributed by atoms with Crippen LogP contribution >= 0.6 is 11.8 Å². The van der Waals surface area contributed by atoms with Crippen molar-refractivity contribution in [1.29, 1.82) is 0 Å². The van der Waals surface area contributed by atoms with Crippen LogP contribution in [0.1, 0.15) is 58.8 Å². The zero-order chi connectivity index (χ0) is 22.0. The van der Waals surface area contributed by atoms with E-state index in [1.165, 1.54) is 17.3 Å². The second kappa shape index (κ2) is 7.25. The Hall–Kier alpha value is -1.51. The number of allylic oxidation sites excluding steroid dienone is 1. The number of nitrogens with one attached hydrogen (secondary N) is 1. The lowest BCUT2D eigenvalue weighted by Gasteiger charge is -2.60. The molecule has 0 spiro atoms. The highest BCUT2D eigenvalue weighted by Crippen LogP contribution is 2.67. The van der Waals surface area contributed by atoms with Gasteiger partial charge in [-0.2, -0.15) is 10.3 Å². The van der Waals surface area contributed by atoms with Gasteiger partial charge in [-0.05, 0) is 67.8 Å². The number of ketones is 2. The molecule has 7 nitrogen and oxygen atoms in total. The van der Waals surface area contributed by atoms with Gasteiger partial charge in [0.15, 0.2) is 11.6 Å². The molecule has 3 saturated carbocycles. The van der Waals surface area contributed by atoms with Gasteiger partial charge >= 0.3 is 0 Å². The molecule has 0 aliphatic heterocycles. The first-order valence-electron chi connectivity index (χ1n) is 11.4. The molecule has 7 atom stereocenters. The molecule has 3 N–H and O–H groups in total. The van der Waals surface area contributed by atoms with Crippen molar-refractivity contribution < 1.29 is 19.8 Å². The zero-order valence-corrected chi connectivity index (χ0v) is 19.0. The number of thioether (sulfide) groups is 1. The molecule has 0 amide bonds. The Labute approximate surface area is 186 Å². The fourth-order valence-electron chi connectivity index (χ4n) is 7.67. The van der Waals surface area contributed by atoms with E-state index in [4.69, 9.17) is 0 Å². The molecule has 0 aromatic carbocycles. The summed E-state index contributed by atoms with van der Waals surface area (Å²) in [5.41, 5.74) is -1.04. The number of fused-ring (bicyclic) bond motifs is 5. The van der Waals surface area contributed by atoms with Crippen molar-refractivity contribution >= 4 is 23.3 Å². The van der Waals surface area contributed by atoms with E-state index < -0.39 is 17.1 Å². The van der Waals surface area contributed by atoms with Crippen molar-refractivity contribution in [2.75, 3.05) is 5.75 Å². The molecule has 4 aliphatic rings. The Morgan fingerprint density at radius 2 is 2.10 bits per heavy atom. The van der Waals surface area contributed by atoms with E-state index in [2.05, 4.69) is 22.3 Å². The van der Waals surface area contributed by atoms with E-state index in [0.29, 0.717) is 24.3 Å². The van der Waals surface area contributed by atoms with Gasteiger partial charge in [-0.3, -0.25) is 9.59 Å². The van der Waals surface area contributed by atoms with Gasteiger partial charge in [0, 0.05) is 11.8 Å². The summed E-state index contributed by atoms with van der Waals surface area (Å²) in [7, 11) is 0. The molecule has 1 heterocycles. The van der Waals surface area contributed by atoms with Gasteiger partial charge in [0.05, 0.1) is 18.1 Å². The van der Waals surface area contributed by atoms with Gasteiger partial charge in [-0.1, -0.05) is 31.2 Å². The number of hydrogen-bond acceptors (Lipinski definition) is 7. The summed E-state index contributed by atoms with van der Waals surface area (Å²) in [6.07, 6.45) is 7.59. The van der Waals surface area contributed by atoms with Gasteiger partial charge < -0.3 is 10.2 Å². The minimum absolute atomic E-state index is 0.0839. The molecule has 0 bridgehead atoms. The Balaban J connectivity index is 1.42. The number of Topliss-reactive ketones (excluding diaryl/α,β-unsaturated/α-hetero) is 1. The molecule has 5 rings (SSSR count). The monoisotopic (exact) mass is 445 g/mol. The number of hydrogen-bond donors (Lipinski definition) is 3. The predicted molar refractivity (Wildman–Crippen MR) is 115 cm³/mol. The SMILES string of the molecule is CC12CCC(=O)C=C1CCC1C2C(O)CC2(C)C1CC[C@]2(O)C(=O)CSc1cn[nH]n1. The topological polar surface area (TPSA) is 116 Å². The van der Waals surface area contributed by atoms with Gasteiger partial charge in [0.25, 0.3) is 0 Å². The Morgan fingerprint density at radius 3 is 2.84 bits per heavy atom. The predicted octanol–water partition coefficient (Wildman–Crippen LogP) is 2.70. The van der Waals surface area contributed by atoms with Crippen LogP contribution in [0.2, 0.25) is 0 Å². The van der Waals surface area contributed by atoms with Crippen LogP contribution in [0.4, 0.5) is 0 Å². The Bertz CT molecular complexity index is 933. The number of nitrogens with zero attached hydrogens (tertiary/aromatic N) is 2.